The van der Waals surface area contributed by atoms with Gasteiger partial charge in [0.15, 0.2) is 0 Å². The van der Waals surface area contributed by atoms with Crippen molar-refractivity contribution in [3.63, 3.8) is 0 Å². The first kappa shape index (κ1) is 10.7. The maximum Gasteiger partial charge on any atom is 0.410 e. The normalized spacial score (nSPS) is 20.0. The predicted octanol–water partition coefficient (Wildman–Crippen LogP) is 0.444. The van der Waals surface area contributed by atoms with Crippen LogP contribution in [-0.4, -0.2) is 45.5 Å². The molecule has 0 radical (unpaired) electrons. The number of carbonyl (C=O) groups is 2. The fourth-order valence-corrected chi connectivity index (χ4v) is 1.78. The van der Waals surface area contributed by atoms with Gasteiger partial charge in [-0.15, -0.1) is 0 Å². The molecule has 6 heteroatoms. The van der Waals surface area contributed by atoms with Gasteiger partial charge in [0, 0.05) is 13.6 Å². The van der Waals surface area contributed by atoms with E-state index in [4.69, 9.17) is 4.74 Å². The average Bonchev–Trinajstić information content (AvgIpc) is 2.83. The molecule has 16 heavy (non-hydrogen) atoms. The summed E-state index contributed by atoms with van der Waals surface area (Å²) < 4.78 is 6.50. The number of carbonyl (C=O) groups excluding carboxylic acids is 2. The van der Waals surface area contributed by atoms with Crippen LogP contribution in [0.2, 0.25) is 0 Å². The quantitative estimate of drug-likeness (QED) is 0.697. The van der Waals surface area contributed by atoms with E-state index in [2.05, 4.69) is 4.98 Å². The van der Waals surface area contributed by atoms with Gasteiger partial charge in [-0.1, -0.05) is 0 Å². The van der Waals surface area contributed by atoms with Crippen molar-refractivity contribution in [2.75, 3.05) is 13.2 Å². The minimum Gasteiger partial charge on any atom is -0.447 e. The van der Waals surface area contributed by atoms with Crippen molar-refractivity contribution in [2.24, 2.45) is 7.05 Å². The molecule has 0 N–H and O–H groups in total. The molecule has 1 fully saturated rings. The van der Waals surface area contributed by atoms with E-state index in [0.717, 1.165) is 0 Å². The standard InChI is InChI=1S/C10H13N3O3/c1-3-13-8(5-16-10(13)15)9(14)7-4-11-6-12(7)2/h4,6,8H,3,5H2,1-2H3/t8-/m1/s1. The summed E-state index contributed by atoms with van der Waals surface area (Å²) in [6.45, 7) is 2.40. The van der Waals surface area contributed by atoms with Gasteiger partial charge in [-0.25, -0.2) is 9.78 Å². The summed E-state index contributed by atoms with van der Waals surface area (Å²) in [5.74, 6) is -0.132. The lowest BCUT2D eigenvalue weighted by molar-refractivity contribution is 0.0884. The summed E-state index contributed by atoms with van der Waals surface area (Å²) in [7, 11) is 1.74. The van der Waals surface area contributed by atoms with Crippen LogP contribution < -0.4 is 0 Å². The topological polar surface area (TPSA) is 64.4 Å². The van der Waals surface area contributed by atoms with Gasteiger partial charge >= 0.3 is 6.09 Å². The number of ether oxygens (including phenoxy) is 1. The van der Waals surface area contributed by atoms with E-state index in [1.54, 1.807) is 17.9 Å². The number of aryl methyl sites for hydroxylation is 1. The number of cyclic esters (lactones) is 1. The Morgan fingerprint density at radius 3 is 3.00 bits per heavy atom. The van der Waals surface area contributed by atoms with Gasteiger partial charge in [-0.2, -0.15) is 0 Å². The van der Waals surface area contributed by atoms with Crippen LogP contribution in [0.1, 0.15) is 17.4 Å². The Balaban J connectivity index is 2.23. The molecule has 1 aliphatic rings. The van der Waals surface area contributed by atoms with Crippen LogP contribution in [0.5, 0.6) is 0 Å². The third-order valence-corrected chi connectivity index (χ3v) is 2.69. The highest BCUT2D eigenvalue weighted by Gasteiger charge is 2.38. The van der Waals surface area contributed by atoms with E-state index in [1.165, 1.54) is 11.1 Å². The molecule has 1 aliphatic heterocycles. The molecule has 1 saturated heterocycles. The Labute approximate surface area is 92.8 Å². The number of Topliss-reactive ketones (excluding diaryl/α,β-unsaturated/α-hetero) is 1. The molecule has 0 spiro atoms. The number of hydrogen-bond donors (Lipinski definition) is 0. The Bertz CT molecular complexity index is 427. The molecule has 0 aromatic carbocycles. The Morgan fingerprint density at radius 2 is 2.44 bits per heavy atom. The van der Waals surface area contributed by atoms with Crippen molar-refractivity contribution in [1.82, 2.24) is 14.5 Å². The molecule has 0 saturated carbocycles. The minimum atomic E-state index is -0.520. The fraction of sp³-hybridized carbons (Fsp3) is 0.500. The molecule has 86 valence electrons. The van der Waals surface area contributed by atoms with E-state index in [9.17, 15) is 9.59 Å². The number of amides is 1. The zero-order chi connectivity index (χ0) is 11.7. The summed E-state index contributed by atoms with van der Waals surface area (Å²) in [5.41, 5.74) is 0.488. The van der Waals surface area contributed by atoms with Crippen molar-refractivity contribution in [2.45, 2.75) is 13.0 Å². The summed E-state index contributed by atoms with van der Waals surface area (Å²) >= 11 is 0. The zero-order valence-electron chi connectivity index (χ0n) is 9.21. The first-order valence-corrected chi connectivity index (χ1v) is 5.09. The third-order valence-electron chi connectivity index (χ3n) is 2.69. The molecule has 2 rings (SSSR count). The van der Waals surface area contributed by atoms with Crippen LogP contribution in [-0.2, 0) is 11.8 Å². The zero-order valence-corrected chi connectivity index (χ0v) is 9.21. The second kappa shape index (κ2) is 3.96. The van der Waals surface area contributed by atoms with E-state index in [0.29, 0.717) is 12.2 Å². The number of likely N-dealkylation sites (N-methyl/N-ethyl adjacent to an activating group) is 1. The van der Waals surface area contributed by atoms with Gasteiger partial charge in [0.2, 0.25) is 5.78 Å². The lowest BCUT2D eigenvalue weighted by atomic mass is 10.1. The largest absolute Gasteiger partial charge is 0.447 e. The molecular formula is C10H13N3O3. The Morgan fingerprint density at radius 1 is 1.69 bits per heavy atom. The maximum absolute atomic E-state index is 12.1. The van der Waals surface area contributed by atoms with E-state index >= 15 is 0 Å². The van der Waals surface area contributed by atoms with Crippen LogP contribution in [0.3, 0.4) is 0 Å². The summed E-state index contributed by atoms with van der Waals surface area (Å²) in [5, 5.41) is 0. The van der Waals surface area contributed by atoms with E-state index in [-0.39, 0.29) is 12.4 Å². The monoisotopic (exact) mass is 223 g/mol. The number of nitrogens with zero attached hydrogens (tertiary/aromatic N) is 3. The number of imidazole rings is 1. The van der Waals surface area contributed by atoms with Crippen LogP contribution in [0.25, 0.3) is 0 Å². The number of aromatic nitrogens is 2. The molecule has 1 aromatic rings. The SMILES string of the molecule is CCN1C(=O)OC[C@@H]1C(=O)c1cncn1C. The average molecular weight is 223 g/mol. The molecule has 1 aromatic heterocycles. The molecule has 0 unspecified atom stereocenters. The van der Waals surface area contributed by atoms with E-state index < -0.39 is 12.1 Å². The molecular weight excluding hydrogens is 210 g/mol. The molecule has 1 atom stereocenters. The van der Waals surface area contributed by atoms with Crippen LogP contribution in [0.15, 0.2) is 12.5 Å². The predicted molar refractivity (Wildman–Crippen MR) is 55.1 cm³/mol. The highest BCUT2D eigenvalue weighted by atomic mass is 16.6. The fourth-order valence-electron chi connectivity index (χ4n) is 1.78. The molecule has 0 aliphatic carbocycles. The van der Waals surface area contributed by atoms with Gasteiger partial charge in [0.25, 0.3) is 0 Å². The van der Waals surface area contributed by atoms with Crippen LogP contribution in [0.4, 0.5) is 4.79 Å². The van der Waals surface area contributed by atoms with Crippen molar-refractivity contribution in [1.29, 1.82) is 0 Å². The molecule has 1 amide bonds. The molecule has 0 bridgehead atoms. The second-order valence-corrected chi connectivity index (χ2v) is 3.63. The van der Waals surface area contributed by atoms with Gasteiger partial charge < -0.3 is 9.30 Å². The summed E-state index contributed by atoms with van der Waals surface area (Å²) in [4.78, 5) is 28.7. The third kappa shape index (κ3) is 1.56. The lowest BCUT2D eigenvalue weighted by Gasteiger charge is -2.17. The highest BCUT2D eigenvalue weighted by Crippen LogP contribution is 2.16. The first-order chi connectivity index (χ1) is 7.65. The van der Waals surface area contributed by atoms with Gasteiger partial charge in [0.05, 0.1) is 12.5 Å². The van der Waals surface area contributed by atoms with Gasteiger partial charge in [-0.3, -0.25) is 9.69 Å². The van der Waals surface area contributed by atoms with Crippen molar-refractivity contribution in [3.05, 3.63) is 18.2 Å². The molecule has 2 heterocycles. The van der Waals surface area contributed by atoms with Crippen LogP contribution >= 0.6 is 0 Å². The number of ketones is 1. The van der Waals surface area contributed by atoms with Gasteiger partial charge in [0.1, 0.15) is 18.3 Å². The number of rotatable bonds is 3. The van der Waals surface area contributed by atoms with Crippen LogP contribution in [0, 0.1) is 0 Å². The van der Waals surface area contributed by atoms with E-state index in [1.807, 2.05) is 6.92 Å². The summed E-state index contributed by atoms with van der Waals surface area (Å²) in [6.07, 6.45) is 2.63. The van der Waals surface area contributed by atoms with Crippen molar-refractivity contribution in [3.8, 4) is 0 Å². The lowest BCUT2D eigenvalue weighted by Crippen LogP contribution is -2.39. The maximum atomic E-state index is 12.1. The first-order valence-electron chi connectivity index (χ1n) is 5.09. The van der Waals surface area contributed by atoms with Crippen molar-refractivity contribution >= 4 is 11.9 Å². The Hall–Kier alpha value is -1.85. The Kier molecular flexibility index (Phi) is 2.64. The molecule has 6 nitrogen and oxygen atoms in total. The van der Waals surface area contributed by atoms with Gasteiger partial charge in [-0.05, 0) is 6.92 Å². The summed E-state index contributed by atoms with van der Waals surface area (Å²) in [6, 6.07) is -0.520. The minimum absolute atomic E-state index is 0.122. The smallest absolute Gasteiger partial charge is 0.410 e. The highest BCUT2D eigenvalue weighted by molar-refractivity contribution is 6.01. The number of hydrogen-bond acceptors (Lipinski definition) is 4. The van der Waals surface area contributed by atoms with Crippen molar-refractivity contribution < 1.29 is 14.3 Å². The second-order valence-electron chi connectivity index (χ2n) is 3.63.